The molecule has 0 heterocycles. The number of alkyl halides is 1. The average molecular weight is 244 g/mol. The summed E-state index contributed by atoms with van der Waals surface area (Å²) < 4.78 is 0. The Bertz CT molecular complexity index is 438. The fraction of sp³-hybridized carbons (Fsp3) is 0.200. The molecule has 0 bridgehead atoms. The van der Waals surface area contributed by atoms with E-state index in [1.807, 2.05) is 6.07 Å². The molecule has 0 amide bonds. The molecule has 0 aliphatic rings. The van der Waals surface area contributed by atoms with Gasteiger partial charge in [0.25, 0.3) is 0 Å². The Hall–Kier alpha value is -1.24. The van der Waals surface area contributed by atoms with Gasteiger partial charge in [-0.2, -0.15) is 5.26 Å². The minimum absolute atomic E-state index is 0.195. The van der Waals surface area contributed by atoms with E-state index < -0.39 is 5.97 Å². The maximum Gasteiger partial charge on any atom is 0.307 e. The highest BCUT2D eigenvalue weighted by Crippen LogP contribution is 2.23. The molecular weight excluding hydrogens is 237 g/mol. The zero-order valence-corrected chi connectivity index (χ0v) is 9.14. The minimum atomic E-state index is -0.999. The molecule has 0 atom stereocenters. The lowest BCUT2D eigenvalue weighted by atomic mass is 10.0. The van der Waals surface area contributed by atoms with Crippen LogP contribution in [0.4, 0.5) is 0 Å². The van der Waals surface area contributed by atoms with E-state index >= 15 is 0 Å². The van der Waals surface area contributed by atoms with Crippen LogP contribution in [0, 0.1) is 11.3 Å². The molecule has 0 fully saturated rings. The molecule has 0 spiro atoms. The van der Waals surface area contributed by atoms with Gasteiger partial charge in [0.1, 0.15) is 0 Å². The molecule has 0 aliphatic heterocycles. The molecule has 5 heteroatoms. The number of hydrogen-bond donors (Lipinski definition) is 1. The zero-order valence-electron chi connectivity index (χ0n) is 7.63. The van der Waals surface area contributed by atoms with E-state index in [4.69, 9.17) is 33.6 Å². The molecule has 0 saturated heterocycles. The first-order valence-electron chi connectivity index (χ1n) is 4.07. The highest BCUT2D eigenvalue weighted by Gasteiger charge is 2.10. The summed E-state index contributed by atoms with van der Waals surface area (Å²) in [7, 11) is 0. The maximum atomic E-state index is 10.5. The van der Waals surface area contributed by atoms with Gasteiger partial charge < -0.3 is 5.11 Å². The van der Waals surface area contributed by atoms with Gasteiger partial charge in [0.2, 0.25) is 0 Å². The third-order valence-corrected chi connectivity index (χ3v) is 2.52. The number of nitrogens with zero attached hydrogens (tertiary/aromatic N) is 1. The van der Waals surface area contributed by atoms with Crippen molar-refractivity contribution in [3.05, 3.63) is 33.8 Å². The van der Waals surface area contributed by atoms with Crippen molar-refractivity contribution in [3.63, 3.8) is 0 Å². The first-order valence-corrected chi connectivity index (χ1v) is 4.99. The van der Waals surface area contributed by atoms with Gasteiger partial charge in [0, 0.05) is 10.9 Å². The Morgan fingerprint density at radius 3 is 2.60 bits per heavy atom. The standard InChI is InChI=1S/C10H7Cl2NO2/c11-4-7-1-8(5-13)6(2-9(7)12)3-10(14)15/h1-2H,3-4H2,(H,14,15). The van der Waals surface area contributed by atoms with Crippen molar-refractivity contribution < 1.29 is 9.90 Å². The molecule has 78 valence electrons. The lowest BCUT2D eigenvalue weighted by Gasteiger charge is -2.05. The molecule has 15 heavy (non-hydrogen) atoms. The number of rotatable bonds is 3. The number of hydrogen-bond acceptors (Lipinski definition) is 2. The van der Waals surface area contributed by atoms with Gasteiger partial charge in [-0.15, -0.1) is 11.6 Å². The van der Waals surface area contributed by atoms with Gasteiger partial charge in [0.15, 0.2) is 0 Å². The van der Waals surface area contributed by atoms with Crippen LogP contribution in [0.25, 0.3) is 0 Å². The minimum Gasteiger partial charge on any atom is -0.481 e. The smallest absolute Gasteiger partial charge is 0.307 e. The summed E-state index contributed by atoms with van der Waals surface area (Å²) in [6.45, 7) is 0. The molecule has 1 rings (SSSR count). The molecule has 0 unspecified atom stereocenters. The van der Waals surface area contributed by atoms with Crippen molar-refractivity contribution >= 4 is 29.2 Å². The van der Waals surface area contributed by atoms with Crippen LogP contribution in [-0.2, 0) is 17.1 Å². The van der Waals surface area contributed by atoms with Gasteiger partial charge in [-0.3, -0.25) is 4.79 Å². The highest BCUT2D eigenvalue weighted by atomic mass is 35.5. The maximum absolute atomic E-state index is 10.5. The van der Waals surface area contributed by atoms with E-state index in [-0.39, 0.29) is 12.3 Å². The van der Waals surface area contributed by atoms with E-state index in [1.54, 1.807) is 0 Å². The number of nitriles is 1. The number of halogens is 2. The molecule has 1 aromatic rings. The molecule has 0 aromatic heterocycles. The Kier molecular flexibility index (Phi) is 3.96. The number of carboxylic acid groups (broad SMARTS) is 1. The number of carbonyl (C=O) groups is 1. The lowest BCUT2D eigenvalue weighted by Crippen LogP contribution is -2.03. The van der Waals surface area contributed by atoms with E-state index in [0.717, 1.165) is 0 Å². The predicted molar refractivity (Wildman–Crippen MR) is 57.1 cm³/mol. The summed E-state index contributed by atoms with van der Waals surface area (Å²) in [5, 5.41) is 17.8. The normalized spacial score (nSPS) is 9.67. The molecule has 1 aromatic carbocycles. The summed E-state index contributed by atoms with van der Waals surface area (Å²) in [5.74, 6) is -0.804. The molecule has 1 N–H and O–H groups in total. The Morgan fingerprint density at radius 2 is 2.13 bits per heavy atom. The summed E-state index contributed by atoms with van der Waals surface area (Å²) in [4.78, 5) is 10.5. The van der Waals surface area contributed by atoms with Crippen molar-refractivity contribution in [1.82, 2.24) is 0 Å². The third kappa shape index (κ3) is 2.85. The zero-order chi connectivity index (χ0) is 11.4. The molecule has 0 saturated carbocycles. The van der Waals surface area contributed by atoms with Crippen LogP contribution < -0.4 is 0 Å². The number of carboxylic acids is 1. The highest BCUT2D eigenvalue weighted by molar-refractivity contribution is 6.32. The Morgan fingerprint density at radius 1 is 1.47 bits per heavy atom. The topological polar surface area (TPSA) is 61.1 Å². The quantitative estimate of drug-likeness (QED) is 0.831. The summed E-state index contributed by atoms with van der Waals surface area (Å²) in [6, 6.07) is 4.92. The van der Waals surface area contributed by atoms with Crippen molar-refractivity contribution in [1.29, 1.82) is 5.26 Å². The summed E-state index contributed by atoms with van der Waals surface area (Å²) in [5.41, 5.74) is 1.34. The fourth-order valence-electron chi connectivity index (χ4n) is 1.17. The van der Waals surface area contributed by atoms with Crippen LogP contribution in [0.3, 0.4) is 0 Å². The van der Waals surface area contributed by atoms with E-state index in [2.05, 4.69) is 0 Å². The van der Waals surface area contributed by atoms with Crippen molar-refractivity contribution in [2.75, 3.05) is 0 Å². The van der Waals surface area contributed by atoms with Crippen LogP contribution in [0.2, 0.25) is 5.02 Å². The Labute approximate surface area is 96.8 Å². The van der Waals surface area contributed by atoms with E-state index in [9.17, 15) is 4.79 Å². The van der Waals surface area contributed by atoms with Crippen LogP contribution in [0.15, 0.2) is 12.1 Å². The van der Waals surface area contributed by atoms with Crippen molar-refractivity contribution in [2.24, 2.45) is 0 Å². The van der Waals surface area contributed by atoms with Gasteiger partial charge >= 0.3 is 5.97 Å². The second kappa shape index (κ2) is 5.01. The average Bonchev–Trinajstić information content (AvgIpc) is 2.17. The third-order valence-electron chi connectivity index (χ3n) is 1.88. The summed E-state index contributed by atoms with van der Waals surface area (Å²) in [6.07, 6.45) is -0.217. The molecular formula is C10H7Cl2NO2. The predicted octanol–water partition coefficient (Wildman–Crippen LogP) is 2.58. The van der Waals surface area contributed by atoms with Gasteiger partial charge in [-0.05, 0) is 23.3 Å². The SMILES string of the molecule is N#Cc1cc(CCl)c(Cl)cc1CC(=O)O. The number of benzene rings is 1. The molecule has 3 nitrogen and oxygen atoms in total. The van der Waals surface area contributed by atoms with Gasteiger partial charge in [0.05, 0.1) is 18.1 Å². The van der Waals surface area contributed by atoms with Crippen molar-refractivity contribution in [3.8, 4) is 6.07 Å². The number of aliphatic carboxylic acids is 1. The monoisotopic (exact) mass is 243 g/mol. The first-order chi connectivity index (χ1) is 7.08. The van der Waals surface area contributed by atoms with Crippen LogP contribution in [-0.4, -0.2) is 11.1 Å². The second-order valence-electron chi connectivity index (χ2n) is 2.92. The van der Waals surface area contributed by atoms with E-state index in [1.165, 1.54) is 12.1 Å². The van der Waals surface area contributed by atoms with Crippen LogP contribution >= 0.6 is 23.2 Å². The molecule has 0 radical (unpaired) electrons. The largest absolute Gasteiger partial charge is 0.481 e. The Balaban J connectivity index is 3.22. The van der Waals surface area contributed by atoms with Gasteiger partial charge in [-0.25, -0.2) is 0 Å². The van der Waals surface area contributed by atoms with Gasteiger partial charge in [-0.1, -0.05) is 11.6 Å². The van der Waals surface area contributed by atoms with E-state index in [0.29, 0.717) is 21.7 Å². The fourth-order valence-corrected chi connectivity index (χ4v) is 1.72. The van der Waals surface area contributed by atoms with Crippen LogP contribution in [0.5, 0.6) is 0 Å². The molecule has 0 aliphatic carbocycles. The first kappa shape index (κ1) is 11.8. The second-order valence-corrected chi connectivity index (χ2v) is 3.59. The van der Waals surface area contributed by atoms with Crippen LogP contribution in [0.1, 0.15) is 16.7 Å². The lowest BCUT2D eigenvalue weighted by molar-refractivity contribution is -0.136. The van der Waals surface area contributed by atoms with Crippen molar-refractivity contribution in [2.45, 2.75) is 12.3 Å². The summed E-state index contributed by atoms with van der Waals surface area (Å²) >= 11 is 11.5.